The maximum atomic E-state index is 12.9. The van der Waals surface area contributed by atoms with Crippen molar-refractivity contribution in [3.63, 3.8) is 0 Å². The lowest BCUT2D eigenvalue weighted by Gasteiger charge is -2.14. The minimum absolute atomic E-state index is 0.0714. The molecule has 142 valence electrons. The van der Waals surface area contributed by atoms with Crippen LogP contribution in [0.25, 0.3) is 16.9 Å². The van der Waals surface area contributed by atoms with Crippen molar-refractivity contribution in [3.05, 3.63) is 52.8 Å². The zero-order chi connectivity index (χ0) is 19.8. The Morgan fingerprint density at radius 1 is 1.26 bits per heavy atom. The van der Waals surface area contributed by atoms with Crippen LogP contribution in [0.1, 0.15) is 57.2 Å². The Kier molecular flexibility index (Phi) is 5.24. The molecule has 0 bridgehead atoms. The smallest absolute Gasteiger partial charge is 0.270 e. The Morgan fingerprint density at radius 3 is 2.59 bits per heavy atom. The van der Waals surface area contributed by atoms with Gasteiger partial charge < -0.3 is 5.32 Å². The molecule has 5 nitrogen and oxygen atoms in total. The summed E-state index contributed by atoms with van der Waals surface area (Å²) in [7, 11) is 0. The number of carbonyl (C=O) groups is 1. The van der Waals surface area contributed by atoms with Crippen molar-refractivity contribution in [2.45, 2.75) is 52.5 Å². The van der Waals surface area contributed by atoms with Gasteiger partial charge in [0.1, 0.15) is 5.69 Å². The lowest BCUT2D eigenvalue weighted by Crippen LogP contribution is -2.33. The van der Waals surface area contributed by atoms with Crippen LogP contribution < -0.4 is 5.32 Å². The number of benzene rings is 1. The minimum Gasteiger partial charge on any atom is -0.348 e. The number of nitrogens with zero attached hydrogens (tertiary/aromatic N) is 3. The van der Waals surface area contributed by atoms with Crippen LogP contribution in [-0.2, 0) is 5.41 Å². The summed E-state index contributed by atoms with van der Waals surface area (Å²) in [5, 5.41) is 8.27. The number of rotatable bonds is 4. The van der Waals surface area contributed by atoms with Crippen LogP contribution in [0.4, 0.5) is 0 Å². The molecule has 27 heavy (non-hydrogen) atoms. The van der Waals surface area contributed by atoms with Gasteiger partial charge in [0, 0.05) is 28.1 Å². The van der Waals surface area contributed by atoms with E-state index in [0.29, 0.717) is 22.1 Å². The van der Waals surface area contributed by atoms with Crippen LogP contribution in [0.5, 0.6) is 0 Å². The molecule has 1 N–H and O–H groups in total. The monoisotopic (exact) mass is 384 g/mol. The second kappa shape index (κ2) is 7.31. The number of halogens is 1. The van der Waals surface area contributed by atoms with Crippen molar-refractivity contribution < 1.29 is 4.79 Å². The predicted molar refractivity (Wildman–Crippen MR) is 109 cm³/mol. The summed E-state index contributed by atoms with van der Waals surface area (Å²) in [5.74, 6) is -0.173. The topological polar surface area (TPSA) is 59.3 Å². The minimum atomic E-state index is -0.173. The third kappa shape index (κ3) is 3.98. The van der Waals surface area contributed by atoms with Crippen molar-refractivity contribution in [2.75, 3.05) is 0 Å². The molecule has 1 atom stereocenters. The van der Waals surface area contributed by atoms with Crippen LogP contribution in [0, 0.1) is 0 Å². The van der Waals surface area contributed by atoms with Gasteiger partial charge in [0.2, 0.25) is 0 Å². The van der Waals surface area contributed by atoms with E-state index in [9.17, 15) is 4.79 Å². The molecule has 1 amide bonds. The molecule has 0 spiro atoms. The second-order valence-corrected chi connectivity index (χ2v) is 8.25. The van der Waals surface area contributed by atoms with Crippen molar-refractivity contribution in [3.8, 4) is 11.3 Å². The lowest BCUT2D eigenvalue weighted by atomic mass is 9.93. The molecule has 0 aliphatic heterocycles. The molecule has 0 saturated carbocycles. The molecule has 0 unspecified atom stereocenters. The molecule has 0 aliphatic carbocycles. The van der Waals surface area contributed by atoms with E-state index in [2.05, 4.69) is 31.2 Å². The van der Waals surface area contributed by atoms with E-state index in [0.717, 1.165) is 17.7 Å². The summed E-state index contributed by atoms with van der Waals surface area (Å²) in [4.78, 5) is 17.6. The van der Waals surface area contributed by atoms with Crippen LogP contribution in [0.2, 0.25) is 5.02 Å². The number of nitrogens with one attached hydrogen (secondary N) is 1. The molecule has 3 aromatic rings. The second-order valence-electron chi connectivity index (χ2n) is 7.84. The molecule has 2 aromatic heterocycles. The van der Waals surface area contributed by atoms with Gasteiger partial charge in [-0.25, -0.2) is 9.50 Å². The highest BCUT2D eigenvalue weighted by Gasteiger charge is 2.22. The van der Waals surface area contributed by atoms with Crippen LogP contribution in [0.3, 0.4) is 0 Å². The molecule has 0 fully saturated rings. The Balaban J connectivity index is 2.22. The van der Waals surface area contributed by atoms with E-state index in [1.807, 2.05) is 44.2 Å². The van der Waals surface area contributed by atoms with Crippen LogP contribution in [-0.4, -0.2) is 26.5 Å². The summed E-state index contributed by atoms with van der Waals surface area (Å²) < 4.78 is 1.62. The van der Waals surface area contributed by atoms with Crippen molar-refractivity contribution in [1.29, 1.82) is 0 Å². The Hall–Kier alpha value is -2.40. The maximum Gasteiger partial charge on any atom is 0.270 e. The average molecular weight is 385 g/mol. The van der Waals surface area contributed by atoms with Gasteiger partial charge in [-0.3, -0.25) is 4.79 Å². The number of aromatic nitrogens is 3. The third-order valence-corrected chi connectivity index (χ3v) is 4.90. The van der Waals surface area contributed by atoms with Gasteiger partial charge in [-0.2, -0.15) is 5.10 Å². The van der Waals surface area contributed by atoms with Gasteiger partial charge in [0.25, 0.3) is 5.91 Å². The molecule has 0 aliphatic rings. The summed E-state index contributed by atoms with van der Waals surface area (Å²) in [6.45, 7) is 10.3. The number of hydrogen-bond acceptors (Lipinski definition) is 3. The Labute approximate surface area is 164 Å². The first kappa shape index (κ1) is 19.4. The highest BCUT2D eigenvalue weighted by atomic mass is 35.5. The van der Waals surface area contributed by atoms with E-state index in [1.165, 1.54) is 0 Å². The standard InChI is InChI=1S/C21H25ClN4O/c1-6-13(2)23-20(27)17-11-16(14-9-7-8-10-15(14)22)24-19-12-18(21(3,4)5)25-26(17)19/h7-13H,6H2,1-5H3,(H,23,27)/t13-/m1/s1. The summed E-state index contributed by atoms with van der Waals surface area (Å²) in [5.41, 5.74) is 3.25. The normalized spacial score (nSPS) is 13.0. The zero-order valence-electron chi connectivity index (χ0n) is 16.4. The largest absolute Gasteiger partial charge is 0.348 e. The molecule has 0 saturated heterocycles. The highest BCUT2D eigenvalue weighted by molar-refractivity contribution is 6.33. The van der Waals surface area contributed by atoms with Gasteiger partial charge in [-0.15, -0.1) is 0 Å². The molecule has 2 heterocycles. The summed E-state index contributed by atoms with van der Waals surface area (Å²) in [6.07, 6.45) is 0.851. The number of hydrogen-bond donors (Lipinski definition) is 1. The van der Waals surface area contributed by atoms with Gasteiger partial charge in [-0.05, 0) is 25.5 Å². The first-order valence-corrected chi connectivity index (χ1v) is 9.55. The van der Waals surface area contributed by atoms with E-state index in [-0.39, 0.29) is 17.4 Å². The van der Waals surface area contributed by atoms with Gasteiger partial charge in [-0.1, -0.05) is 57.5 Å². The molecule has 1 aromatic carbocycles. The van der Waals surface area contributed by atoms with Crippen molar-refractivity contribution in [1.82, 2.24) is 19.9 Å². The quantitative estimate of drug-likeness (QED) is 0.697. The molecule has 3 rings (SSSR count). The van der Waals surface area contributed by atoms with Crippen molar-refractivity contribution >= 4 is 23.2 Å². The Morgan fingerprint density at radius 2 is 1.96 bits per heavy atom. The van der Waals surface area contributed by atoms with Gasteiger partial charge >= 0.3 is 0 Å². The fourth-order valence-electron chi connectivity index (χ4n) is 2.71. The van der Waals surface area contributed by atoms with E-state index >= 15 is 0 Å². The van der Waals surface area contributed by atoms with Gasteiger partial charge in [0.15, 0.2) is 5.65 Å². The molecule has 6 heteroatoms. The fourth-order valence-corrected chi connectivity index (χ4v) is 2.94. The number of fused-ring (bicyclic) bond motifs is 1. The molecular weight excluding hydrogens is 360 g/mol. The zero-order valence-corrected chi connectivity index (χ0v) is 17.1. The Bertz CT molecular complexity index is 988. The number of amides is 1. The summed E-state index contributed by atoms with van der Waals surface area (Å²) >= 11 is 6.36. The highest BCUT2D eigenvalue weighted by Crippen LogP contribution is 2.29. The third-order valence-electron chi connectivity index (χ3n) is 4.57. The average Bonchev–Trinajstić information content (AvgIpc) is 3.05. The summed E-state index contributed by atoms with van der Waals surface area (Å²) in [6, 6.07) is 11.3. The maximum absolute atomic E-state index is 12.9. The van der Waals surface area contributed by atoms with E-state index in [1.54, 1.807) is 10.6 Å². The predicted octanol–water partition coefficient (Wildman–Crippen LogP) is 4.88. The fraction of sp³-hybridized carbons (Fsp3) is 0.381. The lowest BCUT2D eigenvalue weighted by molar-refractivity contribution is 0.0931. The SMILES string of the molecule is CC[C@@H](C)NC(=O)c1cc(-c2ccccc2Cl)nc2cc(C(C)(C)C)nn12. The van der Waals surface area contributed by atoms with Crippen LogP contribution >= 0.6 is 11.6 Å². The van der Waals surface area contributed by atoms with Crippen molar-refractivity contribution in [2.24, 2.45) is 0 Å². The first-order chi connectivity index (χ1) is 12.7. The first-order valence-electron chi connectivity index (χ1n) is 9.17. The molecule has 0 radical (unpaired) electrons. The van der Waals surface area contributed by atoms with Gasteiger partial charge in [0.05, 0.1) is 11.4 Å². The van der Waals surface area contributed by atoms with E-state index in [4.69, 9.17) is 16.6 Å². The van der Waals surface area contributed by atoms with E-state index < -0.39 is 0 Å². The number of carbonyl (C=O) groups excluding carboxylic acids is 1. The van der Waals surface area contributed by atoms with Crippen LogP contribution in [0.15, 0.2) is 36.4 Å². The molecular formula is C21H25ClN4O.